The van der Waals surface area contributed by atoms with Crippen LogP contribution < -0.4 is 10.1 Å². The van der Waals surface area contributed by atoms with Gasteiger partial charge in [0.2, 0.25) is 5.91 Å². The number of carbonyl (C=O) groups is 1. The average Bonchev–Trinajstić information content (AvgIpc) is 3.46. The van der Waals surface area contributed by atoms with E-state index in [4.69, 9.17) is 4.74 Å². The minimum absolute atomic E-state index is 0.0220. The van der Waals surface area contributed by atoms with Crippen molar-refractivity contribution in [2.45, 2.75) is 70.3 Å². The van der Waals surface area contributed by atoms with Crippen molar-refractivity contribution >= 4 is 17.7 Å². The van der Waals surface area contributed by atoms with E-state index in [2.05, 4.69) is 27.0 Å². The molecule has 1 heterocycles. The molecule has 31 heavy (non-hydrogen) atoms. The Bertz CT molecular complexity index is 919. The maximum Gasteiger partial charge on any atom is 0.230 e. The molecule has 2 fully saturated rings. The molecule has 2 aliphatic carbocycles. The minimum Gasteiger partial charge on any atom is -0.483 e. The van der Waals surface area contributed by atoms with Crippen molar-refractivity contribution in [2.24, 2.45) is 17.8 Å². The van der Waals surface area contributed by atoms with E-state index in [1.807, 2.05) is 13.8 Å². The summed E-state index contributed by atoms with van der Waals surface area (Å²) in [4.78, 5) is 12.2. The molecular formula is C23H31FN4O2S. The first-order valence-corrected chi connectivity index (χ1v) is 12.1. The molecule has 1 N–H and O–H groups in total. The number of ether oxygens (including phenoxy) is 1. The molecule has 0 radical (unpaired) electrons. The zero-order valence-electron chi connectivity index (χ0n) is 18.4. The van der Waals surface area contributed by atoms with Crippen LogP contribution >= 0.6 is 11.8 Å². The van der Waals surface area contributed by atoms with Gasteiger partial charge in [0.05, 0.1) is 5.75 Å². The Balaban J connectivity index is 1.53. The quantitative estimate of drug-likeness (QED) is 0.570. The molecule has 2 saturated carbocycles. The third kappa shape index (κ3) is 5.05. The van der Waals surface area contributed by atoms with Gasteiger partial charge in [-0.15, -0.1) is 10.2 Å². The summed E-state index contributed by atoms with van der Waals surface area (Å²) in [6.45, 7) is 6.25. The van der Waals surface area contributed by atoms with Crippen molar-refractivity contribution in [1.29, 1.82) is 0 Å². The number of nitrogens with zero attached hydrogens (tertiary/aromatic N) is 3. The van der Waals surface area contributed by atoms with Gasteiger partial charge < -0.3 is 10.1 Å². The van der Waals surface area contributed by atoms with Crippen molar-refractivity contribution in [3.8, 4) is 5.75 Å². The van der Waals surface area contributed by atoms with Crippen molar-refractivity contribution < 1.29 is 13.9 Å². The van der Waals surface area contributed by atoms with Crippen LogP contribution in [0.25, 0.3) is 0 Å². The van der Waals surface area contributed by atoms with Crippen LogP contribution in [0.1, 0.15) is 58.3 Å². The third-order valence-corrected chi connectivity index (χ3v) is 7.47. The summed E-state index contributed by atoms with van der Waals surface area (Å²) in [5.74, 6) is 2.89. The molecule has 168 valence electrons. The largest absolute Gasteiger partial charge is 0.483 e. The first-order chi connectivity index (χ1) is 14.9. The van der Waals surface area contributed by atoms with Gasteiger partial charge in [-0.1, -0.05) is 30.3 Å². The van der Waals surface area contributed by atoms with Crippen LogP contribution in [-0.4, -0.2) is 32.5 Å². The predicted octanol–water partition coefficient (Wildman–Crippen LogP) is 4.61. The molecule has 8 heteroatoms. The molecular weight excluding hydrogens is 415 g/mol. The van der Waals surface area contributed by atoms with Crippen molar-refractivity contribution in [3.05, 3.63) is 35.9 Å². The number of benzene rings is 1. The minimum atomic E-state index is -0.394. The number of rotatable bonds is 9. The van der Waals surface area contributed by atoms with Gasteiger partial charge in [0.25, 0.3) is 0 Å². The van der Waals surface area contributed by atoms with Gasteiger partial charge in [0.15, 0.2) is 22.5 Å². The summed E-state index contributed by atoms with van der Waals surface area (Å²) >= 11 is 1.40. The lowest BCUT2D eigenvalue weighted by Crippen LogP contribution is -2.31. The second-order valence-electron chi connectivity index (χ2n) is 9.08. The smallest absolute Gasteiger partial charge is 0.230 e. The third-order valence-electron chi connectivity index (χ3n) is 6.53. The maximum atomic E-state index is 14.0. The van der Waals surface area contributed by atoms with E-state index < -0.39 is 5.82 Å². The molecule has 2 bridgehead atoms. The lowest BCUT2D eigenvalue weighted by Gasteiger charge is -2.30. The van der Waals surface area contributed by atoms with E-state index in [1.54, 1.807) is 18.2 Å². The Morgan fingerprint density at radius 2 is 2.06 bits per heavy atom. The van der Waals surface area contributed by atoms with E-state index in [0.29, 0.717) is 11.7 Å². The van der Waals surface area contributed by atoms with Crippen LogP contribution in [0.15, 0.2) is 29.4 Å². The highest BCUT2D eigenvalue weighted by Crippen LogP contribution is 2.52. The van der Waals surface area contributed by atoms with E-state index in [1.165, 1.54) is 43.5 Å². The summed E-state index contributed by atoms with van der Waals surface area (Å²) in [5, 5.41) is 12.4. The molecule has 1 aromatic heterocycles. The monoisotopic (exact) mass is 446 g/mol. The Kier molecular flexibility index (Phi) is 6.84. The average molecular weight is 447 g/mol. The number of fused-ring (bicyclic) bond motifs is 2. The number of hydrogen-bond acceptors (Lipinski definition) is 5. The predicted molar refractivity (Wildman–Crippen MR) is 118 cm³/mol. The highest BCUT2D eigenvalue weighted by atomic mass is 32.2. The van der Waals surface area contributed by atoms with Crippen LogP contribution in [0.3, 0.4) is 0 Å². The van der Waals surface area contributed by atoms with Crippen molar-refractivity contribution in [1.82, 2.24) is 20.1 Å². The first-order valence-electron chi connectivity index (χ1n) is 11.2. The Hall–Kier alpha value is -2.09. The molecule has 6 nitrogen and oxygen atoms in total. The summed E-state index contributed by atoms with van der Waals surface area (Å²) in [5.41, 5.74) is 0. The summed E-state index contributed by atoms with van der Waals surface area (Å²) in [6, 6.07) is 6.69. The fraction of sp³-hybridized carbons (Fsp3) is 0.609. The number of para-hydroxylation sites is 1. The molecule has 4 rings (SSSR count). The van der Waals surface area contributed by atoms with Crippen molar-refractivity contribution in [3.63, 3.8) is 0 Å². The van der Waals surface area contributed by atoms with Crippen molar-refractivity contribution in [2.75, 3.05) is 5.75 Å². The fourth-order valence-corrected chi connectivity index (χ4v) is 6.04. The van der Waals surface area contributed by atoms with Gasteiger partial charge in [-0.2, -0.15) is 0 Å². The Labute approximate surface area is 187 Å². The van der Waals surface area contributed by atoms with Gasteiger partial charge >= 0.3 is 0 Å². The second-order valence-corrected chi connectivity index (χ2v) is 10.0. The van der Waals surface area contributed by atoms with Crippen LogP contribution in [0.4, 0.5) is 4.39 Å². The molecule has 0 spiro atoms. The molecule has 1 aromatic carbocycles. The molecule has 2 aliphatic rings. The van der Waals surface area contributed by atoms with Crippen LogP contribution in [0.2, 0.25) is 0 Å². The van der Waals surface area contributed by atoms with Crippen LogP contribution in [0.5, 0.6) is 5.75 Å². The molecule has 4 atom stereocenters. The SMILES string of the molecule is CC(C)NC(=O)CSc1nnc(COc2ccccc2F)n1C(C)C1CC2CCC1C2. The Morgan fingerprint density at radius 3 is 2.74 bits per heavy atom. The molecule has 2 aromatic rings. The summed E-state index contributed by atoms with van der Waals surface area (Å²) in [7, 11) is 0. The van der Waals surface area contributed by atoms with Crippen LogP contribution in [-0.2, 0) is 11.4 Å². The zero-order chi connectivity index (χ0) is 22.0. The number of nitrogens with one attached hydrogen (secondary N) is 1. The number of halogens is 1. The van der Waals surface area contributed by atoms with Gasteiger partial charge in [0, 0.05) is 12.1 Å². The van der Waals surface area contributed by atoms with Gasteiger partial charge in [0.1, 0.15) is 6.61 Å². The molecule has 4 unspecified atom stereocenters. The number of carbonyl (C=O) groups excluding carboxylic acids is 1. The van der Waals surface area contributed by atoms with E-state index in [-0.39, 0.29) is 36.1 Å². The number of hydrogen-bond donors (Lipinski definition) is 1. The normalized spacial score (nSPS) is 23.3. The topological polar surface area (TPSA) is 69.0 Å². The van der Waals surface area contributed by atoms with E-state index in [9.17, 15) is 9.18 Å². The summed E-state index contributed by atoms with van der Waals surface area (Å²) < 4.78 is 21.9. The maximum absolute atomic E-state index is 14.0. The second kappa shape index (κ2) is 9.59. The Morgan fingerprint density at radius 1 is 1.26 bits per heavy atom. The summed E-state index contributed by atoms with van der Waals surface area (Å²) in [6.07, 6.45) is 5.19. The lowest BCUT2D eigenvalue weighted by molar-refractivity contribution is -0.119. The lowest BCUT2D eigenvalue weighted by atomic mass is 9.84. The number of aromatic nitrogens is 3. The van der Waals surface area contributed by atoms with E-state index in [0.717, 1.165) is 17.0 Å². The van der Waals surface area contributed by atoms with Crippen LogP contribution in [0, 0.1) is 23.6 Å². The molecule has 0 saturated heterocycles. The number of thioether (sulfide) groups is 1. The highest BCUT2D eigenvalue weighted by Gasteiger charge is 2.43. The van der Waals surface area contributed by atoms with Gasteiger partial charge in [-0.3, -0.25) is 9.36 Å². The van der Waals surface area contributed by atoms with Gasteiger partial charge in [-0.05, 0) is 69.9 Å². The number of amides is 1. The van der Waals surface area contributed by atoms with E-state index >= 15 is 0 Å². The fourth-order valence-electron chi connectivity index (χ4n) is 5.19. The molecule has 1 amide bonds. The highest BCUT2D eigenvalue weighted by molar-refractivity contribution is 7.99. The van der Waals surface area contributed by atoms with Gasteiger partial charge in [-0.25, -0.2) is 4.39 Å². The molecule has 0 aliphatic heterocycles. The standard InChI is InChI=1S/C23H31FN4O2S/c1-14(2)25-22(29)13-31-23-27-26-21(12-30-20-7-5-4-6-19(20)24)28(23)15(3)18-11-16-8-9-17(18)10-16/h4-7,14-18H,8-13H2,1-3H3,(H,25,29). The zero-order valence-corrected chi connectivity index (χ0v) is 19.2. The first kappa shape index (κ1) is 22.1.